The third kappa shape index (κ3) is 1.45. The van der Waals surface area contributed by atoms with Gasteiger partial charge in [0.25, 0.3) is 0 Å². The molecule has 2 rings (SSSR count). The summed E-state index contributed by atoms with van der Waals surface area (Å²) < 4.78 is 10.6. The van der Waals surface area contributed by atoms with Crippen LogP contribution in [0.25, 0.3) is 11.5 Å². The molecule has 0 amide bonds. The van der Waals surface area contributed by atoms with E-state index in [0.717, 1.165) is 0 Å². The highest BCUT2D eigenvalue weighted by molar-refractivity contribution is 9.10. The summed E-state index contributed by atoms with van der Waals surface area (Å²) in [4.78, 5) is 0. The first kappa shape index (κ1) is 8.65. The monoisotopic (exact) mass is 262 g/mol. The number of nitrogens with two attached hydrogens (primary N) is 1. The fourth-order valence-corrected chi connectivity index (χ4v) is 1.37. The summed E-state index contributed by atoms with van der Waals surface area (Å²) in [7, 11) is 0. The minimum Gasteiger partial charge on any atom is -0.441 e. The van der Waals surface area contributed by atoms with E-state index in [9.17, 15) is 0 Å². The van der Waals surface area contributed by atoms with Crippen molar-refractivity contribution in [1.29, 1.82) is 0 Å². The van der Waals surface area contributed by atoms with Crippen LogP contribution >= 0.6 is 27.5 Å². The Morgan fingerprint density at radius 3 is 2.69 bits per heavy atom. The molecule has 0 fully saturated rings. The summed E-state index contributed by atoms with van der Waals surface area (Å²) in [5, 5.41) is 3.84. The molecule has 0 spiro atoms. The number of anilines is 1. The Balaban J connectivity index is 2.52. The number of aromatic nitrogens is 1. The van der Waals surface area contributed by atoms with Gasteiger partial charge in [0.2, 0.25) is 5.76 Å². The van der Waals surface area contributed by atoms with E-state index in [0.29, 0.717) is 16.0 Å². The van der Waals surface area contributed by atoms with Gasteiger partial charge in [-0.3, -0.25) is 0 Å². The van der Waals surface area contributed by atoms with E-state index in [1.807, 2.05) is 0 Å². The van der Waals surface area contributed by atoms with Crippen LogP contribution in [0.2, 0.25) is 5.22 Å². The zero-order valence-corrected chi connectivity index (χ0v) is 8.59. The summed E-state index contributed by atoms with van der Waals surface area (Å²) in [6.45, 7) is 0. The molecule has 2 N–H and O–H groups in total. The standard InChI is InChI=1S/C7H4BrClN2O2/c8-5-6(13-11-7(5)10)3-1-2-4(9)12-3/h1-2H,(H2,10,11). The molecule has 0 aliphatic carbocycles. The zero-order chi connectivity index (χ0) is 9.42. The van der Waals surface area contributed by atoms with Crippen LogP contribution in [0.15, 0.2) is 25.5 Å². The number of halogens is 2. The van der Waals surface area contributed by atoms with Crippen molar-refractivity contribution >= 4 is 33.3 Å². The largest absolute Gasteiger partial charge is 0.441 e. The molecule has 6 heteroatoms. The molecular weight excluding hydrogens is 259 g/mol. The van der Waals surface area contributed by atoms with Crippen molar-refractivity contribution < 1.29 is 8.94 Å². The van der Waals surface area contributed by atoms with Crippen LogP contribution in [0.4, 0.5) is 5.82 Å². The van der Waals surface area contributed by atoms with Gasteiger partial charge in [-0.2, -0.15) is 0 Å². The van der Waals surface area contributed by atoms with Crippen LogP contribution < -0.4 is 5.73 Å². The van der Waals surface area contributed by atoms with E-state index in [4.69, 9.17) is 26.3 Å². The van der Waals surface area contributed by atoms with Crippen molar-refractivity contribution in [2.24, 2.45) is 0 Å². The summed E-state index contributed by atoms with van der Waals surface area (Å²) in [5.41, 5.74) is 5.46. The Kier molecular flexibility index (Phi) is 2.05. The van der Waals surface area contributed by atoms with E-state index in [2.05, 4.69) is 21.1 Å². The van der Waals surface area contributed by atoms with Gasteiger partial charge >= 0.3 is 0 Å². The molecule has 0 bridgehead atoms. The molecule has 13 heavy (non-hydrogen) atoms. The van der Waals surface area contributed by atoms with Crippen LogP contribution in [0.5, 0.6) is 0 Å². The highest BCUT2D eigenvalue weighted by Gasteiger charge is 2.16. The molecule has 4 nitrogen and oxygen atoms in total. The molecule has 0 aliphatic heterocycles. The van der Waals surface area contributed by atoms with Crippen LogP contribution in [0, 0.1) is 0 Å². The molecule has 2 aromatic heterocycles. The van der Waals surface area contributed by atoms with Crippen LogP contribution in [0.3, 0.4) is 0 Å². The van der Waals surface area contributed by atoms with Crippen molar-refractivity contribution in [3.8, 4) is 11.5 Å². The van der Waals surface area contributed by atoms with Gasteiger partial charge in [0.15, 0.2) is 16.8 Å². The molecule has 0 atom stereocenters. The normalized spacial score (nSPS) is 10.6. The van der Waals surface area contributed by atoms with E-state index in [-0.39, 0.29) is 11.0 Å². The maximum Gasteiger partial charge on any atom is 0.218 e. The molecule has 0 saturated carbocycles. The van der Waals surface area contributed by atoms with Crippen molar-refractivity contribution in [3.05, 3.63) is 21.8 Å². The van der Waals surface area contributed by atoms with Gasteiger partial charge in [-0.25, -0.2) is 0 Å². The van der Waals surface area contributed by atoms with Gasteiger partial charge in [-0.15, -0.1) is 0 Å². The number of rotatable bonds is 1. The van der Waals surface area contributed by atoms with Gasteiger partial charge < -0.3 is 14.7 Å². The third-order valence-electron chi connectivity index (χ3n) is 1.46. The molecule has 2 heterocycles. The van der Waals surface area contributed by atoms with E-state index in [1.165, 1.54) is 0 Å². The molecule has 0 aromatic carbocycles. The Bertz CT molecular complexity index is 437. The lowest BCUT2D eigenvalue weighted by Gasteiger charge is -1.88. The molecule has 68 valence electrons. The highest BCUT2D eigenvalue weighted by atomic mass is 79.9. The number of nitrogens with zero attached hydrogens (tertiary/aromatic N) is 1. The summed E-state index contributed by atoms with van der Waals surface area (Å²) in [6, 6.07) is 3.29. The first-order valence-electron chi connectivity index (χ1n) is 3.35. The number of hydrogen-bond donors (Lipinski definition) is 1. The third-order valence-corrected chi connectivity index (χ3v) is 2.43. The Hall–Kier alpha value is -0.940. The minimum absolute atomic E-state index is 0.280. The second-order valence-electron chi connectivity index (χ2n) is 2.31. The summed E-state index contributed by atoms with van der Waals surface area (Å²) in [5.74, 6) is 1.20. The molecule has 0 unspecified atom stereocenters. The molecule has 0 radical (unpaired) electrons. The lowest BCUT2D eigenvalue weighted by Crippen LogP contribution is -1.82. The van der Waals surface area contributed by atoms with Crippen molar-refractivity contribution in [3.63, 3.8) is 0 Å². The molecular formula is C7H4BrClN2O2. The first-order chi connectivity index (χ1) is 6.18. The quantitative estimate of drug-likeness (QED) is 0.859. The first-order valence-corrected chi connectivity index (χ1v) is 4.52. The van der Waals surface area contributed by atoms with Gasteiger partial charge in [0, 0.05) is 0 Å². The fourth-order valence-electron chi connectivity index (χ4n) is 0.881. The maximum absolute atomic E-state index is 5.59. The molecule has 2 aromatic rings. The van der Waals surface area contributed by atoms with E-state index >= 15 is 0 Å². The van der Waals surface area contributed by atoms with E-state index < -0.39 is 0 Å². The highest BCUT2D eigenvalue weighted by Crippen LogP contribution is 2.34. The minimum atomic E-state index is 0.280. The molecule has 0 aliphatic rings. The smallest absolute Gasteiger partial charge is 0.218 e. The van der Waals surface area contributed by atoms with Crippen molar-refractivity contribution in [1.82, 2.24) is 5.16 Å². The predicted octanol–water partition coefficient (Wildman–Crippen LogP) is 2.93. The van der Waals surface area contributed by atoms with Gasteiger partial charge in [-0.05, 0) is 39.7 Å². The summed E-state index contributed by atoms with van der Waals surface area (Å²) >= 11 is 8.81. The summed E-state index contributed by atoms with van der Waals surface area (Å²) in [6.07, 6.45) is 0. The predicted molar refractivity (Wildman–Crippen MR) is 51.3 cm³/mol. The Morgan fingerprint density at radius 1 is 1.46 bits per heavy atom. The van der Waals surface area contributed by atoms with E-state index in [1.54, 1.807) is 12.1 Å². The van der Waals surface area contributed by atoms with Gasteiger partial charge in [0.05, 0.1) is 0 Å². The van der Waals surface area contributed by atoms with Gasteiger partial charge in [0.1, 0.15) is 4.47 Å². The second kappa shape index (κ2) is 3.08. The van der Waals surface area contributed by atoms with Crippen LogP contribution in [0.1, 0.15) is 0 Å². The van der Waals surface area contributed by atoms with Crippen LogP contribution in [-0.4, -0.2) is 5.16 Å². The molecule has 0 saturated heterocycles. The lowest BCUT2D eigenvalue weighted by atomic mass is 10.3. The Morgan fingerprint density at radius 2 is 2.23 bits per heavy atom. The van der Waals surface area contributed by atoms with Crippen molar-refractivity contribution in [2.45, 2.75) is 0 Å². The fraction of sp³-hybridized carbons (Fsp3) is 0. The zero-order valence-electron chi connectivity index (χ0n) is 6.25. The lowest BCUT2D eigenvalue weighted by molar-refractivity contribution is 0.420. The van der Waals surface area contributed by atoms with Gasteiger partial charge in [-0.1, -0.05) is 5.16 Å². The Labute approximate surface area is 86.8 Å². The number of hydrogen-bond acceptors (Lipinski definition) is 4. The topological polar surface area (TPSA) is 65.2 Å². The SMILES string of the molecule is Nc1noc(-c2ccc(Cl)o2)c1Br. The maximum atomic E-state index is 5.59. The average molecular weight is 263 g/mol. The number of nitrogen functional groups attached to an aromatic ring is 1. The number of furan rings is 1. The second-order valence-corrected chi connectivity index (χ2v) is 3.48. The van der Waals surface area contributed by atoms with Crippen molar-refractivity contribution in [2.75, 3.05) is 5.73 Å². The van der Waals surface area contributed by atoms with Crippen LogP contribution in [-0.2, 0) is 0 Å². The average Bonchev–Trinajstić information content (AvgIpc) is 2.62.